The molecule has 0 bridgehead atoms. The first-order valence-corrected chi connectivity index (χ1v) is 10.8. The molecule has 6 atom stereocenters. The number of carbonyl (C=O) groups excluding carboxylic acids is 3. The van der Waals surface area contributed by atoms with Gasteiger partial charge in [0.2, 0.25) is 0 Å². The van der Waals surface area contributed by atoms with Gasteiger partial charge in [0.25, 0.3) is 0 Å². The van der Waals surface area contributed by atoms with E-state index in [1.54, 1.807) is 0 Å². The first-order valence-electron chi connectivity index (χ1n) is 10.8. The van der Waals surface area contributed by atoms with E-state index in [1.807, 2.05) is 6.08 Å². The smallest absolute Gasteiger partial charge is 0.303 e. The lowest BCUT2D eigenvalue weighted by Crippen LogP contribution is -2.58. The van der Waals surface area contributed by atoms with Gasteiger partial charge in [-0.05, 0) is 79.9 Å². The SMILES string of the molecule is C=C1C[C@@H]2[C@H]3C=C(C)C4=CC(=O)CC[C@]4(C)[C@@H]3CC[C@]2(C)[C@]1(OC(C)=O)C(C)=O. The minimum absolute atomic E-state index is 0.0109. The van der Waals surface area contributed by atoms with E-state index in [1.165, 1.54) is 25.0 Å². The molecule has 0 aromatic heterocycles. The zero-order valence-corrected chi connectivity index (χ0v) is 18.3. The zero-order chi connectivity index (χ0) is 21.4. The molecule has 4 aliphatic rings. The van der Waals surface area contributed by atoms with Gasteiger partial charge in [0.15, 0.2) is 17.2 Å². The fourth-order valence-electron chi connectivity index (χ4n) is 7.50. The second-order valence-corrected chi connectivity index (χ2v) is 10.2. The number of rotatable bonds is 2. The maximum absolute atomic E-state index is 12.9. The summed E-state index contributed by atoms with van der Waals surface area (Å²) in [6.45, 7) is 13.7. The van der Waals surface area contributed by atoms with Gasteiger partial charge in [-0.25, -0.2) is 0 Å². The van der Waals surface area contributed by atoms with E-state index < -0.39 is 17.0 Å². The van der Waals surface area contributed by atoms with Gasteiger partial charge in [-0.15, -0.1) is 0 Å². The van der Waals surface area contributed by atoms with E-state index in [0.717, 1.165) is 24.8 Å². The number of ketones is 2. The Bertz CT molecular complexity index is 892. The number of hydrogen-bond donors (Lipinski definition) is 0. The van der Waals surface area contributed by atoms with E-state index in [0.29, 0.717) is 18.8 Å². The molecule has 0 N–H and O–H groups in total. The minimum atomic E-state index is -1.23. The Hall–Kier alpha value is -1.97. The third kappa shape index (κ3) is 2.47. The Morgan fingerprint density at radius 3 is 2.48 bits per heavy atom. The lowest BCUT2D eigenvalue weighted by Gasteiger charge is -2.57. The zero-order valence-electron chi connectivity index (χ0n) is 18.3. The lowest BCUT2D eigenvalue weighted by atomic mass is 9.47. The van der Waals surface area contributed by atoms with E-state index >= 15 is 0 Å². The average Bonchev–Trinajstić information content (AvgIpc) is 2.85. The van der Waals surface area contributed by atoms with Crippen LogP contribution >= 0.6 is 0 Å². The van der Waals surface area contributed by atoms with Crippen LogP contribution in [0.15, 0.2) is 35.5 Å². The summed E-state index contributed by atoms with van der Waals surface area (Å²) >= 11 is 0. The number of Topliss-reactive ketones (excluding diaryl/α,β-unsaturated/α-hetero) is 1. The highest BCUT2D eigenvalue weighted by Crippen LogP contribution is 2.68. The van der Waals surface area contributed by atoms with Crippen molar-refractivity contribution in [2.45, 2.75) is 72.3 Å². The molecule has 4 aliphatic carbocycles. The van der Waals surface area contributed by atoms with Crippen molar-refractivity contribution in [1.29, 1.82) is 0 Å². The Labute approximate surface area is 173 Å². The van der Waals surface area contributed by atoms with Crippen LogP contribution in [-0.2, 0) is 19.1 Å². The van der Waals surface area contributed by atoms with Crippen molar-refractivity contribution in [3.05, 3.63) is 35.5 Å². The van der Waals surface area contributed by atoms with Crippen LogP contribution in [-0.4, -0.2) is 23.1 Å². The summed E-state index contributed by atoms with van der Waals surface area (Å²) in [5.74, 6) is 0.595. The van der Waals surface area contributed by atoms with Crippen molar-refractivity contribution in [2.24, 2.45) is 28.6 Å². The number of esters is 1. The number of allylic oxidation sites excluding steroid dienone is 4. The summed E-state index contributed by atoms with van der Waals surface area (Å²) in [6.07, 6.45) is 8.15. The number of hydrogen-bond acceptors (Lipinski definition) is 4. The molecule has 29 heavy (non-hydrogen) atoms. The first-order chi connectivity index (χ1) is 13.5. The monoisotopic (exact) mass is 396 g/mol. The molecule has 0 saturated heterocycles. The van der Waals surface area contributed by atoms with Crippen LogP contribution in [0.25, 0.3) is 0 Å². The van der Waals surface area contributed by atoms with Gasteiger partial charge < -0.3 is 4.74 Å². The van der Waals surface area contributed by atoms with Crippen LogP contribution in [0.2, 0.25) is 0 Å². The van der Waals surface area contributed by atoms with Crippen LogP contribution < -0.4 is 0 Å². The Morgan fingerprint density at radius 2 is 1.86 bits per heavy atom. The number of ether oxygens (including phenoxy) is 1. The average molecular weight is 397 g/mol. The molecule has 0 amide bonds. The third-order valence-electron chi connectivity index (χ3n) is 8.78. The molecule has 0 aromatic rings. The van der Waals surface area contributed by atoms with Crippen molar-refractivity contribution < 1.29 is 19.1 Å². The molecule has 156 valence electrons. The highest BCUT2D eigenvalue weighted by molar-refractivity contribution is 5.93. The maximum atomic E-state index is 12.9. The molecule has 4 heteroatoms. The van der Waals surface area contributed by atoms with Crippen molar-refractivity contribution in [2.75, 3.05) is 0 Å². The molecule has 2 fully saturated rings. The van der Waals surface area contributed by atoms with Crippen LogP contribution in [0.3, 0.4) is 0 Å². The molecule has 2 saturated carbocycles. The van der Waals surface area contributed by atoms with Crippen LogP contribution in [0.1, 0.15) is 66.7 Å². The van der Waals surface area contributed by atoms with E-state index in [-0.39, 0.29) is 28.8 Å². The van der Waals surface area contributed by atoms with Crippen LogP contribution in [0, 0.1) is 28.6 Å². The summed E-state index contributed by atoms with van der Waals surface area (Å²) in [5, 5.41) is 0. The first kappa shape index (κ1) is 20.3. The summed E-state index contributed by atoms with van der Waals surface area (Å²) in [6, 6.07) is 0. The van der Waals surface area contributed by atoms with Gasteiger partial charge in [-0.2, -0.15) is 0 Å². The summed E-state index contributed by atoms with van der Waals surface area (Å²) in [4.78, 5) is 37.0. The fourth-order valence-corrected chi connectivity index (χ4v) is 7.50. The standard InChI is InChI=1S/C25H32O4/c1-14-11-19-20(23(5)9-7-18(28)13-21(14)23)8-10-24(6)22(19)12-15(2)25(24,16(3)26)29-17(4)27/h11,13,19-20,22H,2,7-10,12H2,1,3-6H3/t19-,20+,22+,23+,24-,25+/m0/s1. The molecule has 0 aromatic carbocycles. The normalized spacial score (nSPS) is 43.6. The second-order valence-electron chi connectivity index (χ2n) is 10.2. The van der Waals surface area contributed by atoms with Gasteiger partial charge in [-0.3, -0.25) is 14.4 Å². The van der Waals surface area contributed by atoms with Gasteiger partial charge in [0.1, 0.15) is 0 Å². The van der Waals surface area contributed by atoms with Gasteiger partial charge in [-0.1, -0.05) is 32.1 Å². The predicted octanol–water partition coefficient (Wildman–Crippen LogP) is 4.74. The van der Waals surface area contributed by atoms with Crippen molar-refractivity contribution >= 4 is 17.5 Å². The summed E-state index contributed by atoms with van der Waals surface area (Å²) < 4.78 is 5.83. The molecule has 0 unspecified atom stereocenters. The predicted molar refractivity (Wildman–Crippen MR) is 111 cm³/mol. The second kappa shape index (κ2) is 6.26. The number of fused-ring (bicyclic) bond motifs is 5. The Kier molecular flexibility index (Phi) is 4.39. The Balaban J connectivity index is 1.84. The summed E-state index contributed by atoms with van der Waals surface area (Å²) in [7, 11) is 0. The fraction of sp³-hybridized carbons (Fsp3) is 0.640. The van der Waals surface area contributed by atoms with Crippen LogP contribution in [0.4, 0.5) is 0 Å². The molecular formula is C25H32O4. The Morgan fingerprint density at radius 1 is 1.17 bits per heavy atom. The minimum Gasteiger partial charge on any atom is -0.446 e. The lowest BCUT2D eigenvalue weighted by molar-refractivity contribution is -0.179. The number of carbonyl (C=O) groups is 3. The van der Waals surface area contributed by atoms with Crippen molar-refractivity contribution in [3.63, 3.8) is 0 Å². The van der Waals surface area contributed by atoms with Crippen molar-refractivity contribution in [3.8, 4) is 0 Å². The van der Waals surface area contributed by atoms with E-state index in [2.05, 4.69) is 33.4 Å². The highest BCUT2D eigenvalue weighted by Gasteiger charge is 2.69. The van der Waals surface area contributed by atoms with Gasteiger partial charge >= 0.3 is 5.97 Å². The molecule has 0 aliphatic heterocycles. The molecule has 4 rings (SSSR count). The van der Waals surface area contributed by atoms with E-state index in [9.17, 15) is 14.4 Å². The molecule has 0 radical (unpaired) electrons. The van der Waals surface area contributed by atoms with Gasteiger partial charge in [0.05, 0.1) is 0 Å². The summed E-state index contributed by atoms with van der Waals surface area (Å²) in [5.41, 5.74) is 1.43. The molecule has 0 heterocycles. The van der Waals surface area contributed by atoms with Gasteiger partial charge in [0, 0.05) is 18.8 Å². The van der Waals surface area contributed by atoms with E-state index in [4.69, 9.17) is 4.74 Å². The van der Waals surface area contributed by atoms with Crippen molar-refractivity contribution in [1.82, 2.24) is 0 Å². The maximum Gasteiger partial charge on any atom is 0.303 e. The topological polar surface area (TPSA) is 60.4 Å². The largest absolute Gasteiger partial charge is 0.446 e. The molecule has 0 spiro atoms. The molecular weight excluding hydrogens is 364 g/mol. The highest BCUT2D eigenvalue weighted by atomic mass is 16.6. The quantitative estimate of drug-likeness (QED) is 0.500. The van der Waals surface area contributed by atoms with Crippen LogP contribution in [0.5, 0.6) is 0 Å². The third-order valence-corrected chi connectivity index (χ3v) is 8.78. The molecule has 4 nitrogen and oxygen atoms in total.